The number of halogens is 1. The monoisotopic (exact) mass is 227 g/mol. The number of carbonyl (C=O) groups is 1. The van der Waals surface area contributed by atoms with Crippen LogP contribution in [0.3, 0.4) is 0 Å². The predicted molar refractivity (Wildman–Crippen MR) is 60.4 cm³/mol. The zero-order valence-electron chi connectivity index (χ0n) is 8.87. The highest BCUT2D eigenvalue weighted by atomic mass is 35.5. The Balaban J connectivity index is 2.70. The lowest BCUT2D eigenvalue weighted by molar-refractivity contribution is -0.108. The standard InChI is InChI=1S/C11H14ClNO2/c1-13(5-6-14)8-9-3-4-11(15-2)10(12)7-9/h3-4,6-7H,5,8H2,1-2H3. The van der Waals surface area contributed by atoms with E-state index in [1.54, 1.807) is 7.11 Å². The van der Waals surface area contributed by atoms with E-state index in [0.29, 0.717) is 23.9 Å². The zero-order valence-corrected chi connectivity index (χ0v) is 9.62. The quantitative estimate of drug-likeness (QED) is 0.721. The fourth-order valence-electron chi connectivity index (χ4n) is 1.31. The number of methoxy groups -OCH3 is 1. The van der Waals surface area contributed by atoms with Crippen molar-refractivity contribution in [3.8, 4) is 5.75 Å². The topological polar surface area (TPSA) is 29.5 Å². The molecule has 0 unspecified atom stereocenters. The molecule has 82 valence electrons. The first kappa shape index (κ1) is 12.0. The van der Waals surface area contributed by atoms with Crippen LogP contribution >= 0.6 is 11.6 Å². The normalized spacial score (nSPS) is 10.4. The van der Waals surface area contributed by atoms with Crippen LogP contribution < -0.4 is 4.74 Å². The molecule has 0 bridgehead atoms. The molecule has 0 radical (unpaired) electrons. The number of aldehydes is 1. The van der Waals surface area contributed by atoms with Crippen molar-refractivity contribution in [2.24, 2.45) is 0 Å². The minimum atomic E-state index is 0.420. The molecule has 1 rings (SSSR count). The lowest BCUT2D eigenvalue weighted by atomic mass is 10.2. The summed E-state index contributed by atoms with van der Waals surface area (Å²) in [6, 6.07) is 5.61. The molecule has 1 aromatic rings. The lowest BCUT2D eigenvalue weighted by Gasteiger charge is -2.13. The van der Waals surface area contributed by atoms with Crippen LogP contribution in [-0.4, -0.2) is 31.9 Å². The van der Waals surface area contributed by atoms with Gasteiger partial charge < -0.3 is 9.53 Å². The van der Waals surface area contributed by atoms with Gasteiger partial charge in [0.05, 0.1) is 18.7 Å². The van der Waals surface area contributed by atoms with Crippen molar-refractivity contribution in [1.29, 1.82) is 0 Å². The number of likely N-dealkylation sites (N-methyl/N-ethyl adjacent to an activating group) is 1. The van der Waals surface area contributed by atoms with E-state index in [1.807, 2.05) is 30.1 Å². The van der Waals surface area contributed by atoms with Gasteiger partial charge in [0.1, 0.15) is 12.0 Å². The van der Waals surface area contributed by atoms with E-state index in [1.165, 1.54) is 0 Å². The molecule has 0 amide bonds. The first-order valence-corrected chi connectivity index (χ1v) is 4.99. The van der Waals surface area contributed by atoms with Gasteiger partial charge in [0.25, 0.3) is 0 Å². The van der Waals surface area contributed by atoms with E-state index in [9.17, 15) is 4.79 Å². The van der Waals surface area contributed by atoms with Crippen molar-refractivity contribution in [3.05, 3.63) is 28.8 Å². The largest absolute Gasteiger partial charge is 0.495 e. The van der Waals surface area contributed by atoms with Gasteiger partial charge in [-0.15, -0.1) is 0 Å². The first-order chi connectivity index (χ1) is 7.17. The minimum Gasteiger partial charge on any atom is -0.495 e. The molecule has 0 saturated heterocycles. The van der Waals surface area contributed by atoms with Crippen LogP contribution in [0.25, 0.3) is 0 Å². The molecule has 0 fully saturated rings. The SMILES string of the molecule is COc1ccc(CN(C)CC=O)cc1Cl. The highest BCUT2D eigenvalue weighted by molar-refractivity contribution is 6.32. The Labute approximate surface area is 94.6 Å². The average Bonchev–Trinajstić information content (AvgIpc) is 2.18. The molecule has 0 aliphatic rings. The maximum atomic E-state index is 10.3. The summed E-state index contributed by atoms with van der Waals surface area (Å²) in [4.78, 5) is 12.2. The fraction of sp³-hybridized carbons (Fsp3) is 0.364. The van der Waals surface area contributed by atoms with E-state index in [4.69, 9.17) is 16.3 Å². The number of nitrogens with zero attached hydrogens (tertiary/aromatic N) is 1. The second kappa shape index (κ2) is 5.73. The van der Waals surface area contributed by atoms with E-state index in [0.717, 1.165) is 11.8 Å². The molecular weight excluding hydrogens is 214 g/mol. The molecule has 0 aromatic heterocycles. The predicted octanol–water partition coefficient (Wildman–Crippen LogP) is 1.98. The van der Waals surface area contributed by atoms with Crippen LogP contribution in [0, 0.1) is 0 Å². The van der Waals surface area contributed by atoms with E-state index in [2.05, 4.69) is 0 Å². The summed E-state index contributed by atoms with van der Waals surface area (Å²) < 4.78 is 5.05. The molecular formula is C11H14ClNO2. The van der Waals surface area contributed by atoms with Crippen LogP contribution in [0.5, 0.6) is 5.75 Å². The minimum absolute atomic E-state index is 0.420. The first-order valence-electron chi connectivity index (χ1n) is 4.62. The Morgan fingerprint density at radius 2 is 2.27 bits per heavy atom. The molecule has 0 heterocycles. The number of rotatable bonds is 5. The third kappa shape index (κ3) is 3.53. The molecule has 3 nitrogen and oxygen atoms in total. The number of hydrogen-bond acceptors (Lipinski definition) is 3. The Morgan fingerprint density at radius 1 is 1.53 bits per heavy atom. The van der Waals surface area contributed by atoms with E-state index >= 15 is 0 Å². The molecule has 15 heavy (non-hydrogen) atoms. The number of ether oxygens (including phenoxy) is 1. The smallest absolute Gasteiger partial charge is 0.137 e. The fourth-order valence-corrected chi connectivity index (χ4v) is 1.59. The summed E-state index contributed by atoms with van der Waals surface area (Å²) in [5.41, 5.74) is 1.06. The Hall–Kier alpha value is -1.06. The number of hydrogen-bond donors (Lipinski definition) is 0. The molecule has 1 aromatic carbocycles. The Kier molecular flexibility index (Phi) is 4.59. The van der Waals surface area contributed by atoms with Gasteiger partial charge in [-0.05, 0) is 24.7 Å². The second-order valence-electron chi connectivity index (χ2n) is 3.33. The number of benzene rings is 1. The molecule has 0 spiro atoms. The van der Waals surface area contributed by atoms with Gasteiger partial charge in [-0.3, -0.25) is 4.90 Å². The third-order valence-electron chi connectivity index (χ3n) is 2.05. The van der Waals surface area contributed by atoms with Gasteiger partial charge in [-0.25, -0.2) is 0 Å². The van der Waals surface area contributed by atoms with E-state index < -0.39 is 0 Å². The second-order valence-corrected chi connectivity index (χ2v) is 3.74. The van der Waals surface area contributed by atoms with Gasteiger partial charge in [0, 0.05) is 6.54 Å². The zero-order chi connectivity index (χ0) is 11.3. The highest BCUT2D eigenvalue weighted by Gasteiger charge is 2.03. The molecule has 0 aliphatic heterocycles. The molecule has 0 N–H and O–H groups in total. The summed E-state index contributed by atoms with van der Waals surface area (Å²) >= 11 is 5.98. The van der Waals surface area contributed by atoms with Crippen LogP contribution in [0.15, 0.2) is 18.2 Å². The summed E-state index contributed by atoms with van der Waals surface area (Å²) in [7, 11) is 3.46. The van der Waals surface area contributed by atoms with Crippen LogP contribution in [0.4, 0.5) is 0 Å². The summed E-state index contributed by atoms with van der Waals surface area (Å²) in [6.07, 6.45) is 0.880. The van der Waals surface area contributed by atoms with Crippen molar-refractivity contribution in [2.75, 3.05) is 20.7 Å². The van der Waals surface area contributed by atoms with Gasteiger partial charge >= 0.3 is 0 Å². The van der Waals surface area contributed by atoms with Gasteiger partial charge in [0.15, 0.2) is 0 Å². The van der Waals surface area contributed by atoms with E-state index in [-0.39, 0.29) is 0 Å². The molecule has 4 heteroatoms. The Bertz CT molecular complexity index is 341. The summed E-state index contributed by atoms with van der Waals surface area (Å²) in [5.74, 6) is 0.665. The van der Waals surface area contributed by atoms with Crippen LogP contribution in [0.1, 0.15) is 5.56 Å². The maximum Gasteiger partial charge on any atom is 0.137 e. The Morgan fingerprint density at radius 3 is 2.80 bits per heavy atom. The lowest BCUT2D eigenvalue weighted by Crippen LogP contribution is -2.19. The van der Waals surface area contributed by atoms with Crippen molar-refractivity contribution in [2.45, 2.75) is 6.54 Å². The van der Waals surface area contributed by atoms with Gasteiger partial charge in [-0.1, -0.05) is 17.7 Å². The third-order valence-corrected chi connectivity index (χ3v) is 2.35. The van der Waals surface area contributed by atoms with Crippen molar-refractivity contribution < 1.29 is 9.53 Å². The average molecular weight is 228 g/mol. The molecule has 0 atom stereocenters. The maximum absolute atomic E-state index is 10.3. The molecule has 0 aliphatic carbocycles. The van der Waals surface area contributed by atoms with Crippen LogP contribution in [0.2, 0.25) is 5.02 Å². The van der Waals surface area contributed by atoms with Gasteiger partial charge in [0.2, 0.25) is 0 Å². The van der Waals surface area contributed by atoms with Crippen molar-refractivity contribution in [1.82, 2.24) is 4.90 Å². The van der Waals surface area contributed by atoms with Crippen LogP contribution in [-0.2, 0) is 11.3 Å². The summed E-state index contributed by atoms with van der Waals surface area (Å²) in [6.45, 7) is 1.12. The van der Waals surface area contributed by atoms with Crippen molar-refractivity contribution in [3.63, 3.8) is 0 Å². The summed E-state index contributed by atoms with van der Waals surface area (Å²) in [5, 5.41) is 0.592. The van der Waals surface area contributed by atoms with Gasteiger partial charge in [-0.2, -0.15) is 0 Å². The number of carbonyl (C=O) groups excluding carboxylic acids is 1. The molecule has 0 saturated carbocycles. The highest BCUT2D eigenvalue weighted by Crippen LogP contribution is 2.25. The van der Waals surface area contributed by atoms with Crippen molar-refractivity contribution >= 4 is 17.9 Å².